The van der Waals surface area contributed by atoms with E-state index >= 15 is 0 Å². The van der Waals surface area contributed by atoms with E-state index in [1.807, 2.05) is 6.92 Å². The highest BCUT2D eigenvalue weighted by Crippen LogP contribution is 2.39. The Morgan fingerprint density at radius 3 is 2.53 bits per heavy atom. The van der Waals surface area contributed by atoms with Crippen LogP contribution in [0.15, 0.2) is 21.5 Å². The molecule has 9 nitrogen and oxygen atoms in total. The largest absolute Gasteiger partial charge is 0.490 e. The zero-order valence-corrected chi connectivity index (χ0v) is 20.5. The van der Waals surface area contributed by atoms with E-state index in [4.69, 9.17) is 14.2 Å². The average Bonchev–Trinajstić information content (AvgIpc) is 3.00. The molecule has 1 atom stereocenters. The molecule has 2 amide bonds. The van der Waals surface area contributed by atoms with E-state index in [-0.39, 0.29) is 17.6 Å². The minimum Gasteiger partial charge on any atom is -0.490 e. The molecular weight excluding hydrogens is 506 g/mol. The lowest BCUT2D eigenvalue weighted by Gasteiger charge is -2.15. The zero-order valence-electron chi connectivity index (χ0n) is 18.1. The van der Waals surface area contributed by atoms with Crippen molar-refractivity contribution in [3.63, 3.8) is 0 Å². The van der Waals surface area contributed by atoms with Gasteiger partial charge in [0.25, 0.3) is 11.1 Å². The molecule has 1 heterocycles. The van der Waals surface area contributed by atoms with Crippen LogP contribution < -0.4 is 9.47 Å². The summed E-state index contributed by atoms with van der Waals surface area (Å²) in [5, 5.41) is -0.551. The van der Waals surface area contributed by atoms with E-state index in [9.17, 15) is 19.2 Å². The lowest BCUT2D eigenvalue weighted by atomic mass is 10.2. The van der Waals surface area contributed by atoms with Crippen LogP contribution in [0.25, 0.3) is 6.08 Å². The molecule has 0 bridgehead atoms. The van der Waals surface area contributed by atoms with E-state index < -0.39 is 29.6 Å². The van der Waals surface area contributed by atoms with Gasteiger partial charge in [0, 0.05) is 0 Å². The van der Waals surface area contributed by atoms with Crippen molar-refractivity contribution in [3.05, 3.63) is 27.1 Å². The average molecular weight is 530 g/mol. The minimum absolute atomic E-state index is 0.156. The topological polar surface area (TPSA) is 108 Å². The molecule has 0 aromatic heterocycles. The summed E-state index contributed by atoms with van der Waals surface area (Å²) < 4.78 is 21.3. The first-order chi connectivity index (χ1) is 15.2. The third kappa shape index (κ3) is 6.73. The predicted octanol–water partition coefficient (Wildman–Crippen LogP) is 3.78. The third-order valence-electron chi connectivity index (χ3n) is 4.26. The number of imide groups is 1. The van der Waals surface area contributed by atoms with Crippen LogP contribution in [0.4, 0.5) is 4.79 Å². The Labute approximate surface area is 198 Å². The number of nitrogens with zero attached hydrogens (tertiary/aromatic N) is 1. The maximum atomic E-state index is 12.7. The fourth-order valence-corrected chi connectivity index (χ4v) is 3.94. The van der Waals surface area contributed by atoms with Gasteiger partial charge in [0.2, 0.25) is 0 Å². The van der Waals surface area contributed by atoms with E-state index in [0.29, 0.717) is 34.6 Å². The van der Waals surface area contributed by atoms with Gasteiger partial charge in [-0.2, -0.15) is 0 Å². The maximum absolute atomic E-state index is 12.7. The lowest BCUT2D eigenvalue weighted by molar-refractivity contribution is -0.150. The van der Waals surface area contributed by atoms with Crippen molar-refractivity contribution in [2.75, 3.05) is 26.9 Å². The maximum Gasteiger partial charge on any atom is 0.343 e. The summed E-state index contributed by atoms with van der Waals surface area (Å²) in [6, 6.07) is 3.27. The lowest BCUT2D eigenvalue weighted by Crippen LogP contribution is -2.35. The minimum atomic E-state index is -0.642. The van der Waals surface area contributed by atoms with E-state index in [1.54, 1.807) is 26.0 Å². The molecule has 32 heavy (non-hydrogen) atoms. The Bertz CT molecular complexity index is 933. The van der Waals surface area contributed by atoms with E-state index in [1.165, 1.54) is 13.2 Å². The Kier molecular flexibility index (Phi) is 9.58. The van der Waals surface area contributed by atoms with Crippen molar-refractivity contribution in [1.82, 2.24) is 4.90 Å². The monoisotopic (exact) mass is 529 g/mol. The summed E-state index contributed by atoms with van der Waals surface area (Å²) in [6.45, 7) is 4.97. The number of carbonyl (C=O) groups excluding carboxylic acids is 4. The number of thioether (sulfide) groups is 1. The van der Waals surface area contributed by atoms with Gasteiger partial charge in [-0.25, -0.2) is 4.79 Å². The first-order valence-corrected chi connectivity index (χ1v) is 11.4. The molecule has 11 heteroatoms. The van der Waals surface area contributed by atoms with Crippen LogP contribution in [0.3, 0.4) is 0 Å². The summed E-state index contributed by atoms with van der Waals surface area (Å²) in [5.41, 5.74) is 0.554. The van der Waals surface area contributed by atoms with E-state index in [2.05, 4.69) is 20.7 Å². The highest BCUT2D eigenvalue weighted by molar-refractivity contribution is 9.10. The molecule has 1 aromatic rings. The van der Waals surface area contributed by atoms with Crippen molar-refractivity contribution in [3.8, 4) is 11.5 Å². The molecule has 0 N–H and O–H groups in total. The van der Waals surface area contributed by atoms with Crippen LogP contribution in [0, 0.1) is 0 Å². The number of methoxy groups -OCH3 is 1. The SMILES string of the molecule is CCOc1cc(/C=C2\SC(=O)N(CC(=O)O[C@H](C)CC)C2=O)cc(Br)c1OCC(=O)OC. The van der Waals surface area contributed by atoms with Gasteiger partial charge in [0.05, 0.1) is 29.2 Å². The summed E-state index contributed by atoms with van der Waals surface area (Å²) >= 11 is 4.11. The standard InChI is InChI=1S/C21H24BrNO8S/c1-5-12(3)31-17(24)10-23-20(26)16(32-21(23)27)9-13-7-14(22)19(15(8-13)29-6-2)30-11-18(25)28-4/h7-9,12H,5-6,10-11H2,1-4H3/b16-9-/t12-/m1/s1. The van der Waals surface area contributed by atoms with Gasteiger partial charge < -0.3 is 18.9 Å². The molecule has 1 aliphatic rings. The zero-order chi connectivity index (χ0) is 23.8. The van der Waals surface area contributed by atoms with E-state index in [0.717, 1.165) is 16.7 Å². The van der Waals surface area contributed by atoms with Gasteiger partial charge in [0.15, 0.2) is 18.1 Å². The number of amides is 2. The number of carbonyl (C=O) groups is 4. The Morgan fingerprint density at radius 1 is 1.19 bits per heavy atom. The molecule has 0 radical (unpaired) electrons. The number of halogens is 1. The second kappa shape index (κ2) is 11.9. The highest BCUT2D eigenvalue weighted by Gasteiger charge is 2.37. The Hall–Kier alpha value is -2.53. The summed E-state index contributed by atoms with van der Waals surface area (Å²) in [6.07, 6.45) is 1.85. The Morgan fingerprint density at radius 2 is 1.91 bits per heavy atom. The molecular formula is C21H24BrNO8S. The van der Waals surface area contributed by atoms with Crippen molar-refractivity contribution < 1.29 is 38.1 Å². The second-order valence-electron chi connectivity index (χ2n) is 6.60. The van der Waals surface area contributed by atoms with Gasteiger partial charge in [-0.05, 0) is 71.7 Å². The van der Waals surface area contributed by atoms with Crippen molar-refractivity contribution in [1.29, 1.82) is 0 Å². The number of benzene rings is 1. The smallest absolute Gasteiger partial charge is 0.343 e. The fourth-order valence-electron chi connectivity index (χ4n) is 2.53. The number of ether oxygens (including phenoxy) is 4. The van der Waals surface area contributed by atoms with Crippen molar-refractivity contribution in [2.45, 2.75) is 33.3 Å². The van der Waals surface area contributed by atoms with Crippen molar-refractivity contribution in [2.24, 2.45) is 0 Å². The second-order valence-corrected chi connectivity index (χ2v) is 8.45. The third-order valence-corrected chi connectivity index (χ3v) is 5.76. The van der Waals surface area contributed by atoms with Gasteiger partial charge in [-0.15, -0.1) is 0 Å². The van der Waals surface area contributed by atoms with Crippen LogP contribution in [-0.4, -0.2) is 61.0 Å². The molecule has 0 saturated carbocycles. The summed E-state index contributed by atoms with van der Waals surface area (Å²) in [4.78, 5) is 49.3. The molecule has 1 aromatic carbocycles. The molecule has 1 aliphatic heterocycles. The summed E-state index contributed by atoms with van der Waals surface area (Å²) in [7, 11) is 1.25. The molecule has 2 rings (SSSR count). The highest BCUT2D eigenvalue weighted by atomic mass is 79.9. The van der Waals surface area contributed by atoms with Crippen LogP contribution in [0.5, 0.6) is 11.5 Å². The van der Waals surface area contributed by atoms with Gasteiger partial charge in [-0.1, -0.05) is 6.92 Å². The van der Waals surface area contributed by atoms with Crippen LogP contribution >= 0.6 is 27.7 Å². The molecule has 0 unspecified atom stereocenters. The van der Waals surface area contributed by atoms with Crippen LogP contribution in [0.2, 0.25) is 0 Å². The van der Waals surface area contributed by atoms with Crippen LogP contribution in [0.1, 0.15) is 32.8 Å². The first kappa shape index (κ1) is 25.7. The van der Waals surface area contributed by atoms with Gasteiger partial charge in [0.1, 0.15) is 6.54 Å². The molecule has 1 fully saturated rings. The van der Waals surface area contributed by atoms with Gasteiger partial charge in [-0.3, -0.25) is 19.3 Å². The quantitative estimate of drug-likeness (QED) is 0.330. The first-order valence-electron chi connectivity index (χ1n) is 9.80. The number of esters is 2. The predicted molar refractivity (Wildman–Crippen MR) is 121 cm³/mol. The number of hydrogen-bond donors (Lipinski definition) is 0. The van der Waals surface area contributed by atoms with Gasteiger partial charge >= 0.3 is 11.9 Å². The molecule has 0 spiro atoms. The Balaban J connectivity index is 2.23. The fraction of sp³-hybridized carbons (Fsp3) is 0.429. The number of hydrogen-bond acceptors (Lipinski definition) is 9. The molecule has 0 aliphatic carbocycles. The van der Waals surface area contributed by atoms with Crippen LogP contribution in [-0.2, 0) is 23.9 Å². The normalized spacial score (nSPS) is 15.7. The van der Waals surface area contributed by atoms with Crippen molar-refractivity contribution >= 4 is 56.9 Å². The summed E-state index contributed by atoms with van der Waals surface area (Å²) in [5.74, 6) is -1.13. The molecule has 1 saturated heterocycles. The molecule has 174 valence electrons. The number of rotatable bonds is 10.